The molecule has 15 heteroatoms. The molecule has 0 spiro atoms. The van der Waals surface area contributed by atoms with Crippen molar-refractivity contribution in [2.24, 2.45) is 0 Å². The Labute approximate surface area is 305 Å². The van der Waals surface area contributed by atoms with Crippen molar-refractivity contribution in [3.05, 3.63) is 0 Å². The second-order valence-corrected chi connectivity index (χ2v) is 11.8. The van der Waals surface area contributed by atoms with Crippen molar-refractivity contribution < 1.29 is 53.2 Å². The van der Waals surface area contributed by atoms with Crippen molar-refractivity contribution in [3.63, 3.8) is 0 Å². The Morgan fingerprint density at radius 2 is 0.941 bits per heavy atom. The Kier molecular flexibility index (Phi) is 37.1. The summed E-state index contributed by atoms with van der Waals surface area (Å²) in [6.07, 6.45) is 13.2. The van der Waals surface area contributed by atoms with E-state index < -0.39 is 18.0 Å². The molecule has 0 aromatic rings. The van der Waals surface area contributed by atoms with Gasteiger partial charge in [0.2, 0.25) is 23.6 Å². The summed E-state index contributed by atoms with van der Waals surface area (Å²) < 4.78 is 15.9. The van der Waals surface area contributed by atoms with E-state index in [9.17, 15) is 33.9 Å². The van der Waals surface area contributed by atoms with Gasteiger partial charge in [0.05, 0.1) is 33.0 Å². The summed E-state index contributed by atoms with van der Waals surface area (Å²) in [5.41, 5.74) is 0. The van der Waals surface area contributed by atoms with Crippen molar-refractivity contribution in [1.82, 2.24) is 21.3 Å². The first-order chi connectivity index (χ1) is 24.6. The molecule has 0 radical (unpaired) electrons. The number of unbranched alkanes of at least 4 members (excludes halogenated alkanes) is 11. The summed E-state index contributed by atoms with van der Waals surface area (Å²) in [6.45, 7) is 7.92. The molecule has 51 heavy (non-hydrogen) atoms. The van der Waals surface area contributed by atoms with Gasteiger partial charge < -0.3 is 45.7 Å². The number of carbonyl (C=O) groups is 6. The van der Waals surface area contributed by atoms with E-state index in [1.165, 1.54) is 19.3 Å². The Morgan fingerprint density at radius 1 is 0.510 bits per heavy atom. The van der Waals surface area contributed by atoms with Crippen LogP contribution in [0.3, 0.4) is 0 Å². The lowest BCUT2D eigenvalue weighted by atomic mass is 10.0. The summed E-state index contributed by atoms with van der Waals surface area (Å²) in [6, 6.07) is -1.13. The molecule has 0 saturated carbocycles. The number of hydrogen-bond donors (Lipinski definition) is 6. The first-order valence-corrected chi connectivity index (χ1v) is 18.9. The number of aliphatic carboxylic acids is 2. The van der Waals surface area contributed by atoms with Gasteiger partial charge in [-0.1, -0.05) is 85.0 Å². The lowest BCUT2D eigenvalue weighted by Crippen LogP contribution is -2.41. The highest BCUT2D eigenvalue weighted by Crippen LogP contribution is 2.13. The molecular weight excluding hydrogens is 664 g/mol. The number of rotatable bonds is 35. The maximum Gasteiger partial charge on any atom is 0.326 e. The van der Waals surface area contributed by atoms with Crippen molar-refractivity contribution in [1.29, 1.82) is 0 Å². The number of carboxylic acids is 2. The quantitative estimate of drug-likeness (QED) is 0.0516. The molecule has 0 bridgehead atoms. The minimum absolute atomic E-state index is 0.0185. The van der Waals surface area contributed by atoms with E-state index in [0.717, 1.165) is 51.4 Å². The van der Waals surface area contributed by atoms with Gasteiger partial charge in [0.1, 0.15) is 12.6 Å². The van der Waals surface area contributed by atoms with Gasteiger partial charge in [0.15, 0.2) is 0 Å². The zero-order valence-corrected chi connectivity index (χ0v) is 31.5. The van der Waals surface area contributed by atoms with Crippen LogP contribution < -0.4 is 21.3 Å². The van der Waals surface area contributed by atoms with Crippen LogP contribution in [-0.2, 0) is 43.0 Å². The molecule has 0 rings (SSSR count). The normalized spacial score (nSPS) is 11.1. The van der Waals surface area contributed by atoms with E-state index in [-0.39, 0.29) is 82.3 Å². The average molecular weight is 733 g/mol. The SMILES string of the molecule is CC.CCC(=O)NCCOCCNC(=O)COCCOCCNC(=O)CCC(NC(=O)CCCCCCCCCCCCCCC(=O)O)C(=O)O. The molecule has 0 fully saturated rings. The Hall–Kier alpha value is -3.30. The van der Waals surface area contributed by atoms with Gasteiger partial charge in [0, 0.05) is 45.3 Å². The molecule has 0 aliphatic rings. The molecular formula is C36H68N4O11. The number of carboxylic acid groups (broad SMARTS) is 2. The van der Waals surface area contributed by atoms with E-state index in [2.05, 4.69) is 21.3 Å². The first-order valence-electron chi connectivity index (χ1n) is 18.9. The molecule has 6 N–H and O–H groups in total. The monoisotopic (exact) mass is 732 g/mol. The van der Waals surface area contributed by atoms with Gasteiger partial charge >= 0.3 is 11.9 Å². The van der Waals surface area contributed by atoms with Crippen molar-refractivity contribution >= 4 is 35.6 Å². The first kappa shape index (κ1) is 49.8. The number of carbonyl (C=O) groups excluding carboxylic acids is 4. The van der Waals surface area contributed by atoms with Crippen LogP contribution in [0.5, 0.6) is 0 Å². The Bertz CT molecular complexity index is 922. The highest BCUT2D eigenvalue weighted by molar-refractivity contribution is 5.84. The molecule has 298 valence electrons. The minimum atomic E-state index is -1.18. The third kappa shape index (κ3) is 37.8. The second-order valence-electron chi connectivity index (χ2n) is 11.8. The number of ether oxygens (including phenoxy) is 3. The number of amides is 4. The molecule has 1 atom stereocenters. The van der Waals surface area contributed by atoms with E-state index in [4.69, 9.17) is 19.3 Å². The van der Waals surface area contributed by atoms with Crippen molar-refractivity contribution in [3.8, 4) is 0 Å². The summed E-state index contributed by atoms with van der Waals surface area (Å²) in [7, 11) is 0. The Morgan fingerprint density at radius 3 is 1.43 bits per heavy atom. The van der Waals surface area contributed by atoms with Gasteiger partial charge in [-0.15, -0.1) is 0 Å². The van der Waals surface area contributed by atoms with Gasteiger partial charge in [-0.05, 0) is 19.3 Å². The van der Waals surface area contributed by atoms with Crippen LogP contribution in [0.25, 0.3) is 0 Å². The van der Waals surface area contributed by atoms with E-state index >= 15 is 0 Å². The molecule has 0 aromatic carbocycles. The van der Waals surface area contributed by atoms with Crippen molar-refractivity contribution in [2.45, 2.75) is 136 Å². The van der Waals surface area contributed by atoms with Crippen LogP contribution in [-0.4, -0.2) is 111 Å². The highest BCUT2D eigenvalue weighted by Gasteiger charge is 2.20. The van der Waals surface area contributed by atoms with Crippen LogP contribution in [0.1, 0.15) is 130 Å². The molecule has 0 heterocycles. The van der Waals surface area contributed by atoms with E-state index in [1.54, 1.807) is 6.92 Å². The zero-order chi connectivity index (χ0) is 38.4. The minimum Gasteiger partial charge on any atom is -0.481 e. The Balaban J connectivity index is 0. The molecule has 0 aliphatic carbocycles. The molecule has 1 unspecified atom stereocenters. The predicted octanol–water partition coefficient (Wildman–Crippen LogP) is 3.72. The fourth-order valence-electron chi connectivity index (χ4n) is 4.67. The van der Waals surface area contributed by atoms with Crippen LogP contribution in [0.4, 0.5) is 0 Å². The van der Waals surface area contributed by atoms with Gasteiger partial charge in [-0.25, -0.2) is 4.79 Å². The third-order valence-corrected chi connectivity index (χ3v) is 7.47. The smallest absolute Gasteiger partial charge is 0.326 e. The van der Waals surface area contributed by atoms with Crippen LogP contribution in [0.2, 0.25) is 0 Å². The number of hydrogen-bond acceptors (Lipinski definition) is 9. The largest absolute Gasteiger partial charge is 0.481 e. The van der Waals surface area contributed by atoms with Crippen LogP contribution in [0.15, 0.2) is 0 Å². The lowest BCUT2D eigenvalue weighted by Gasteiger charge is -2.14. The third-order valence-electron chi connectivity index (χ3n) is 7.47. The average Bonchev–Trinajstić information content (AvgIpc) is 3.11. The molecule has 0 aromatic heterocycles. The molecule has 4 amide bonds. The number of nitrogens with one attached hydrogen (secondary N) is 4. The highest BCUT2D eigenvalue weighted by atomic mass is 16.5. The zero-order valence-electron chi connectivity index (χ0n) is 31.5. The van der Waals surface area contributed by atoms with E-state index in [1.807, 2.05) is 13.8 Å². The van der Waals surface area contributed by atoms with Gasteiger partial charge in [-0.2, -0.15) is 0 Å². The second kappa shape index (κ2) is 37.9. The van der Waals surface area contributed by atoms with Gasteiger partial charge in [0.25, 0.3) is 0 Å². The van der Waals surface area contributed by atoms with Crippen LogP contribution in [0, 0.1) is 0 Å². The van der Waals surface area contributed by atoms with Crippen LogP contribution >= 0.6 is 0 Å². The molecule has 15 nitrogen and oxygen atoms in total. The maximum atomic E-state index is 12.2. The van der Waals surface area contributed by atoms with Gasteiger partial charge in [-0.3, -0.25) is 24.0 Å². The molecule has 0 saturated heterocycles. The molecule has 0 aliphatic heterocycles. The fourth-order valence-corrected chi connectivity index (χ4v) is 4.67. The van der Waals surface area contributed by atoms with E-state index in [0.29, 0.717) is 39.1 Å². The fraction of sp³-hybridized carbons (Fsp3) is 0.833. The summed E-state index contributed by atoms with van der Waals surface area (Å²) in [4.78, 5) is 69.2. The standard InChI is InChI=1S/C34H62N4O11.C2H6/c1-2-29(39)35-19-22-47-23-21-37-32(42)27-49-26-25-48-24-20-36-30(40)18-17-28(34(45)46)38-31(41)15-13-11-9-7-5-3-4-6-8-10-12-14-16-33(43)44;1-2/h28H,2-27H2,1H3,(H,35,39)(H,36,40)(H,37,42)(H,38,41)(H,43,44)(H,45,46);1-2H3. The summed E-state index contributed by atoms with van der Waals surface area (Å²) >= 11 is 0. The predicted molar refractivity (Wildman–Crippen MR) is 194 cm³/mol. The topological polar surface area (TPSA) is 219 Å². The maximum absolute atomic E-state index is 12.2. The lowest BCUT2D eigenvalue weighted by molar-refractivity contribution is -0.142. The summed E-state index contributed by atoms with van der Waals surface area (Å²) in [5, 5.41) is 28.6. The summed E-state index contributed by atoms with van der Waals surface area (Å²) in [5.74, 6) is -2.91. The van der Waals surface area contributed by atoms with Crippen molar-refractivity contribution in [2.75, 3.05) is 59.3 Å².